The van der Waals surface area contributed by atoms with Crippen LogP contribution in [0.15, 0.2) is 42.6 Å². The van der Waals surface area contributed by atoms with Crippen molar-refractivity contribution in [3.8, 4) is 11.5 Å². The first-order valence-electron chi connectivity index (χ1n) is 6.98. The highest BCUT2D eigenvalue weighted by Gasteiger charge is 2.15. The van der Waals surface area contributed by atoms with Crippen molar-refractivity contribution < 1.29 is 0 Å². The molecule has 0 unspecified atom stereocenters. The molecule has 0 amide bonds. The van der Waals surface area contributed by atoms with Crippen LogP contribution in [0.2, 0.25) is 5.02 Å². The van der Waals surface area contributed by atoms with E-state index in [1.807, 2.05) is 61.1 Å². The SMILES string of the molecule is Cc1cc2nc(-c3nc4ccccc4cc3Cl)n(C)c2cn1. The predicted octanol–water partition coefficient (Wildman–Crippen LogP) is 4.15. The van der Waals surface area contributed by atoms with E-state index in [-0.39, 0.29) is 0 Å². The van der Waals surface area contributed by atoms with Crippen LogP contribution in [0.25, 0.3) is 33.5 Å². The Morgan fingerprint density at radius 2 is 1.86 bits per heavy atom. The van der Waals surface area contributed by atoms with Gasteiger partial charge in [-0.25, -0.2) is 9.97 Å². The minimum atomic E-state index is 0.599. The predicted molar refractivity (Wildman–Crippen MR) is 89.0 cm³/mol. The van der Waals surface area contributed by atoms with Gasteiger partial charge >= 0.3 is 0 Å². The summed E-state index contributed by atoms with van der Waals surface area (Å²) in [6.45, 7) is 1.95. The Kier molecular flexibility index (Phi) is 2.87. The van der Waals surface area contributed by atoms with Gasteiger partial charge in [0.05, 0.1) is 27.8 Å². The first kappa shape index (κ1) is 13.2. The second-order valence-electron chi connectivity index (χ2n) is 5.32. The van der Waals surface area contributed by atoms with Crippen molar-refractivity contribution in [1.82, 2.24) is 19.5 Å². The maximum atomic E-state index is 6.44. The van der Waals surface area contributed by atoms with Crippen LogP contribution < -0.4 is 0 Å². The van der Waals surface area contributed by atoms with E-state index >= 15 is 0 Å². The fourth-order valence-electron chi connectivity index (χ4n) is 2.65. The number of aromatic nitrogens is 4. The minimum Gasteiger partial charge on any atom is -0.324 e. The van der Waals surface area contributed by atoms with Crippen molar-refractivity contribution in [2.75, 3.05) is 0 Å². The van der Waals surface area contributed by atoms with Gasteiger partial charge in [-0.3, -0.25) is 4.98 Å². The number of halogens is 1. The topological polar surface area (TPSA) is 43.6 Å². The number of benzene rings is 1. The highest BCUT2D eigenvalue weighted by molar-refractivity contribution is 6.33. The quantitative estimate of drug-likeness (QED) is 0.530. The zero-order valence-corrected chi connectivity index (χ0v) is 13.0. The minimum absolute atomic E-state index is 0.599. The lowest BCUT2D eigenvalue weighted by Crippen LogP contribution is -1.96. The molecule has 0 N–H and O–H groups in total. The number of hydrogen-bond acceptors (Lipinski definition) is 3. The van der Waals surface area contributed by atoms with Gasteiger partial charge in [-0.1, -0.05) is 29.8 Å². The molecule has 0 aliphatic carbocycles. The number of nitrogens with zero attached hydrogens (tertiary/aromatic N) is 4. The summed E-state index contributed by atoms with van der Waals surface area (Å²) >= 11 is 6.44. The lowest BCUT2D eigenvalue weighted by molar-refractivity contribution is 0.949. The molecule has 0 saturated carbocycles. The molecule has 0 fully saturated rings. The van der Waals surface area contributed by atoms with Crippen LogP contribution >= 0.6 is 11.6 Å². The van der Waals surface area contributed by atoms with Crippen LogP contribution in [-0.4, -0.2) is 19.5 Å². The van der Waals surface area contributed by atoms with E-state index in [4.69, 9.17) is 11.6 Å². The molecule has 0 saturated heterocycles. The van der Waals surface area contributed by atoms with E-state index in [0.717, 1.165) is 33.5 Å². The maximum Gasteiger partial charge on any atom is 0.161 e. The second-order valence-corrected chi connectivity index (χ2v) is 5.73. The van der Waals surface area contributed by atoms with Crippen molar-refractivity contribution in [1.29, 1.82) is 0 Å². The monoisotopic (exact) mass is 308 g/mol. The van der Waals surface area contributed by atoms with Gasteiger partial charge in [0.2, 0.25) is 0 Å². The summed E-state index contributed by atoms with van der Waals surface area (Å²) < 4.78 is 1.98. The molecule has 3 aromatic heterocycles. The average molecular weight is 309 g/mol. The van der Waals surface area contributed by atoms with Gasteiger partial charge in [-0.2, -0.15) is 0 Å². The molecule has 0 bridgehead atoms. The molecule has 0 atom stereocenters. The third kappa shape index (κ3) is 1.96. The zero-order valence-electron chi connectivity index (χ0n) is 12.2. The Hall–Kier alpha value is -2.46. The molecule has 0 aliphatic heterocycles. The van der Waals surface area contributed by atoms with Crippen LogP contribution in [0.5, 0.6) is 0 Å². The summed E-state index contributed by atoms with van der Waals surface area (Å²) in [6.07, 6.45) is 1.83. The second kappa shape index (κ2) is 4.78. The molecular weight excluding hydrogens is 296 g/mol. The summed E-state index contributed by atoms with van der Waals surface area (Å²) in [4.78, 5) is 13.7. The summed E-state index contributed by atoms with van der Waals surface area (Å²) in [7, 11) is 1.95. The molecular formula is C17H13ClN4. The van der Waals surface area contributed by atoms with Gasteiger partial charge in [0, 0.05) is 18.1 Å². The number of pyridine rings is 2. The van der Waals surface area contributed by atoms with E-state index in [0.29, 0.717) is 10.7 Å². The molecule has 3 heterocycles. The molecule has 5 heteroatoms. The first-order chi connectivity index (χ1) is 10.6. The van der Waals surface area contributed by atoms with E-state index in [2.05, 4.69) is 15.0 Å². The van der Waals surface area contributed by atoms with Crippen LogP contribution in [0, 0.1) is 6.92 Å². The van der Waals surface area contributed by atoms with Crippen LogP contribution in [0.4, 0.5) is 0 Å². The summed E-state index contributed by atoms with van der Waals surface area (Å²) in [5.41, 5.74) is 4.40. The van der Waals surface area contributed by atoms with Crippen molar-refractivity contribution >= 4 is 33.5 Å². The Labute approximate surface area is 132 Å². The van der Waals surface area contributed by atoms with Gasteiger partial charge in [0.25, 0.3) is 0 Å². The van der Waals surface area contributed by atoms with Crippen LogP contribution in [-0.2, 0) is 7.05 Å². The highest BCUT2D eigenvalue weighted by atomic mass is 35.5. The summed E-state index contributed by atoms with van der Waals surface area (Å²) in [5.74, 6) is 0.748. The molecule has 4 aromatic rings. The van der Waals surface area contributed by atoms with Gasteiger partial charge in [0.1, 0.15) is 5.69 Å². The van der Waals surface area contributed by atoms with Gasteiger partial charge in [-0.05, 0) is 25.1 Å². The van der Waals surface area contributed by atoms with Crippen molar-refractivity contribution in [2.24, 2.45) is 7.05 Å². The number of rotatable bonds is 1. The normalized spacial score (nSPS) is 11.4. The molecule has 22 heavy (non-hydrogen) atoms. The fraction of sp³-hybridized carbons (Fsp3) is 0.118. The number of hydrogen-bond donors (Lipinski definition) is 0. The molecule has 1 aromatic carbocycles. The first-order valence-corrected chi connectivity index (χ1v) is 7.36. The Morgan fingerprint density at radius 3 is 2.73 bits per heavy atom. The zero-order chi connectivity index (χ0) is 15.3. The maximum absolute atomic E-state index is 6.44. The standard InChI is InChI=1S/C17H13ClN4/c1-10-7-14-15(9-19-10)22(2)17(21-14)16-12(18)8-11-5-3-4-6-13(11)20-16/h3-9H,1-2H3. The van der Waals surface area contributed by atoms with E-state index < -0.39 is 0 Å². The summed E-state index contributed by atoms with van der Waals surface area (Å²) in [6, 6.07) is 11.8. The van der Waals surface area contributed by atoms with Crippen molar-refractivity contribution in [3.63, 3.8) is 0 Å². The Balaban J connectivity index is 2.02. The highest BCUT2D eigenvalue weighted by Crippen LogP contribution is 2.30. The fourth-order valence-corrected chi connectivity index (χ4v) is 2.89. The van der Waals surface area contributed by atoms with E-state index in [9.17, 15) is 0 Å². The van der Waals surface area contributed by atoms with Gasteiger partial charge < -0.3 is 4.57 Å². The van der Waals surface area contributed by atoms with Gasteiger partial charge in [-0.15, -0.1) is 0 Å². The molecule has 0 aliphatic rings. The molecule has 0 spiro atoms. The van der Waals surface area contributed by atoms with Gasteiger partial charge in [0.15, 0.2) is 5.82 Å². The molecule has 4 rings (SSSR count). The molecule has 108 valence electrons. The Bertz CT molecular complexity index is 1020. The summed E-state index contributed by atoms with van der Waals surface area (Å²) in [5, 5.41) is 1.62. The number of imidazole rings is 1. The van der Waals surface area contributed by atoms with E-state index in [1.165, 1.54) is 0 Å². The van der Waals surface area contributed by atoms with Crippen LogP contribution in [0.3, 0.4) is 0 Å². The third-order valence-corrected chi connectivity index (χ3v) is 4.08. The molecule has 4 nitrogen and oxygen atoms in total. The Morgan fingerprint density at radius 1 is 1.05 bits per heavy atom. The average Bonchev–Trinajstić information content (AvgIpc) is 2.82. The lowest BCUT2D eigenvalue weighted by atomic mass is 10.2. The number of fused-ring (bicyclic) bond motifs is 2. The van der Waals surface area contributed by atoms with Crippen molar-refractivity contribution in [3.05, 3.63) is 53.3 Å². The number of para-hydroxylation sites is 1. The van der Waals surface area contributed by atoms with Crippen molar-refractivity contribution in [2.45, 2.75) is 6.92 Å². The molecule has 0 radical (unpaired) electrons. The number of aryl methyl sites for hydroxylation is 2. The lowest BCUT2D eigenvalue weighted by Gasteiger charge is -2.06. The van der Waals surface area contributed by atoms with E-state index in [1.54, 1.807) is 0 Å². The largest absolute Gasteiger partial charge is 0.324 e. The van der Waals surface area contributed by atoms with Crippen LogP contribution in [0.1, 0.15) is 5.69 Å². The smallest absolute Gasteiger partial charge is 0.161 e. The third-order valence-electron chi connectivity index (χ3n) is 3.79.